The Hall–Kier alpha value is -2.70. The van der Waals surface area contributed by atoms with E-state index in [-0.39, 0.29) is 24.4 Å². The summed E-state index contributed by atoms with van der Waals surface area (Å²) in [6.07, 6.45) is 0.846. The van der Waals surface area contributed by atoms with Crippen molar-refractivity contribution in [1.82, 2.24) is 10.6 Å². The molecule has 0 aliphatic carbocycles. The fraction of sp³-hybridized carbons (Fsp3) is 0.333. The van der Waals surface area contributed by atoms with E-state index in [0.717, 1.165) is 12.0 Å². The predicted octanol–water partition coefficient (Wildman–Crippen LogP) is 2.74. The summed E-state index contributed by atoms with van der Waals surface area (Å²) in [6.45, 7) is 3.52. The molecule has 2 rings (SSSR count). The van der Waals surface area contributed by atoms with Gasteiger partial charge in [-0.05, 0) is 43.7 Å². The molecule has 0 fully saturated rings. The summed E-state index contributed by atoms with van der Waals surface area (Å²) in [5.41, 5.74) is 2.14. The summed E-state index contributed by atoms with van der Waals surface area (Å²) in [5, 5.41) is 8.82. The number of hydrogen-bond donors (Lipinski definition) is 3. The van der Waals surface area contributed by atoms with Crippen molar-refractivity contribution in [3.8, 4) is 0 Å². The Balaban J connectivity index is 1.86. The third-order valence-electron chi connectivity index (χ3n) is 4.04. The Bertz CT molecular complexity index is 734. The molecule has 1 unspecified atom stereocenters. The number of anilines is 1. The van der Waals surface area contributed by atoms with Gasteiger partial charge < -0.3 is 20.7 Å². The van der Waals surface area contributed by atoms with Crippen molar-refractivity contribution in [3.63, 3.8) is 0 Å². The third kappa shape index (κ3) is 7.21. The molecular formula is C21H27N3O3. The van der Waals surface area contributed by atoms with Gasteiger partial charge in [-0.25, -0.2) is 0 Å². The molecule has 0 saturated carbocycles. The predicted molar refractivity (Wildman–Crippen MR) is 107 cm³/mol. The molecule has 0 spiro atoms. The standard InChI is InChI=1S/C21H27N3O3/c1-16(17-8-4-3-5-9-17)23-21(26)18-10-6-11-19(14-18)24-20(25)15-22-12-7-13-27-2/h3-6,8-11,14,16,22H,7,12-13,15H2,1-2H3,(H,23,26)(H,24,25). The molecule has 6 heteroatoms. The van der Waals surface area contributed by atoms with Crippen LogP contribution >= 0.6 is 0 Å². The van der Waals surface area contributed by atoms with Gasteiger partial charge in [0.15, 0.2) is 0 Å². The molecule has 2 aromatic carbocycles. The van der Waals surface area contributed by atoms with E-state index in [1.807, 2.05) is 37.3 Å². The van der Waals surface area contributed by atoms with Gasteiger partial charge in [-0.1, -0.05) is 36.4 Å². The fourth-order valence-corrected chi connectivity index (χ4v) is 2.59. The molecule has 6 nitrogen and oxygen atoms in total. The summed E-state index contributed by atoms with van der Waals surface area (Å²) >= 11 is 0. The summed E-state index contributed by atoms with van der Waals surface area (Å²) in [7, 11) is 1.65. The summed E-state index contributed by atoms with van der Waals surface area (Å²) in [4.78, 5) is 24.5. The van der Waals surface area contributed by atoms with Crippen molar-refractivity contribution in [2.24, 2.45) is 0 Å². The smallest absolute Gasteiger partial charge is 0.251 e. The number of ether oxygens (including phenoxy) is 1. The maximum atomic E-state index is 12.5. The third-order valence-corrected chi connectivity index (χ3v) is 4.04. The lowest BCUT2D eigenvalue weighted by Crippen LogP contribution is -2.29. The van der Waals surface area contributed by atoms with E-state index in [9.17, 15) is 9.59 Å². The van der Waals surface area contributed by atoms with Crippen LogP contribution in [0.15, 0.2) is 54.6 Å². The summed E-state index contributed by atoms with van der Waals surface area (Å²) in [5.74, 6) is -0.331. The molecule has 0 heterocycles. The van der Waals surface area contributed by atoms with Crippen LogP contribution in [0.3, 0.4) is 0 Å². The molecule has 0 aromatic heterocycles. The monoisotopic (exact) mass is 369 g/mol. The first-order valence-corrected chi connectivity index (χ1v) is 9.05. The van der Waals surface area contributed by atoms with Crippen LogP contribution in [0.25, 0.3) is 0 Å². The van der Waals surface area contributed by atoms with E-state index in [1.54, 1.807) is 31.4 Å². The van der Waals surface area contributed by atoms with Gasteiger partial charge in [-0.3, -0.25) is 9.59 Å². The van der Waals surface area contributed by atoms with Gasteiger partial charge in [0.25, 0.3) is 5.91 Å². The topological polar surface area (TPSA) is 79.5 Å². The summed E-state index contributed by atoms with van der Waals surface area (Å²) < 4.78 is 4.96. The first-order chi connectivity index (χ1) is 13.1. The highest BCUT2D eigenvalue weighted by molar-refractivity contribution is 5.97. The van der Waals surface area contributed by atoms with E-state index >= 15 is 0 Å². The number of nitrogens with one attached hydrogen (secondary N) is 3. The second-order valence-corrected chi connectivity index (χ2v) is 6.26. The largest absolute Gasteiger partial charge is 0.385 e. The Morgan fingerprint density at radius 3 is 2.59 bits per heavy atom. The highest BCUT2D eigenvalue weighted by atomic mass is 16.5. The zero-order valence-electron chi connectivity index (χ0n) is 15.8. The molecule has 144 valence electrons. The van der Waals surface area contributed by atoms with E-state index in [4.69, 9.17) is 4.74 Å². The first-order valence-electron chi connectivity index (χ1n) is 9.05. The minimum Gasteiger partial charge on any atom is -0.385 e. The number of hydrogen-bond acceptors (Lipinski definition) is 4. The molecule has 0 bridgehead atoms. The normalized spacial score (nSPS) is 11.6. The van der Waals surface area contributed by atoms with Crippen LogP contribution in [0.1, 0.15) is 35.3 Å². The number of methoxy groups -OCH3 is 1. The SMILES string of the molecule is COCCCNCC(=O)Nc1cccc(C(=O)NC(C)c2ccccc2)c1. The number of amides is 2. The van der Waals surface area contributed by atoms with Crippen LogP contribution in [-0.2, 0) is 9.53 Å². The Labute approximate surface area is 160 Å². The minimum absolute atomic E-state index is 0.103. The van der Waals surface area contributed by atoms with E-state index in [0.29, 0.717) is 24.4 Å². The second kappa shape index (κ2) is 11.1. The van der Waals surface area contributed by atoms with E-state index in [1.165, 1.54) is 0 Å². The highest BCUT2D eigenvalue weighted by Gasteiger charge is 2.12. The van der Waals surface area contributed by atoms with Crippen LogP contribution < -0.4 is 16.0 Å². The first kappa shape index (κ1) is 20.6. The Morgan fingerprint density at radius 2 is 1.85 bits per heavy atom. The number of carbonyl (C=O) groups excluding carboxylic acids is 2. The van der Waals surface area contributed by atoms with Crippen molar-refractivity contribution in [1.29, 1.82) is 0 Å². The molecule has 3 N–H and O–H groups in total. The van der Waals surface area contributed by atoms with Crippen molar-refractivity contribution in [2.75, 3.05) is 32.1 Å². The Kier molecular flexibility index (Phi) is 8.48. The number of benzene rings is 2. The molecule has 0 radical (unpaired) electrons. The van der Waals surface area contributed by atoms with Gasteiger partial charge in [0.2, 0.25) is 5.91 Å². The maximum absolute atomic E-state index is 12.5. The van der Waals surface area contributed by atoms with Crippen LogP contribution in [0.5, 0.6) is 0 Å². The Morgan fingerprint density at radius 1 is 1.07 bits per heavy atom. The van der Waals surface area contributed by atoms with Crippen molar-refractivity contribution >= 4 is 17.5 Å². The van der Waals surface area contributed by atoms with Crippen molar-refractivity contribution < 1.29 is 14.3 Å². The van der Waals surface area contributed by atoms with Gasteiger partial charge >= 0.3 is 0 Å². The lowest BCUT2D eigenvalue weighted by molar-refractivity contribution is -0.115. The highest BCUT2D eigenvalue weighted by Crippen LogP contribution is 2.14. The van der Waals surface area contributed by atoms with Gasteiger partial charge in [-0.2, -0.15) is 0 Å². The average Bonchev–Trinajstić information content (AvgIpc) is 2.68. The average molecular weight is 369 g/mol. The lowest BCUT2D eigenvalue weighted by Gasteiger charge is -2.15. The zero-order chi connectivity index (χ0) is 19.5. The van der Waals surface area contributed by atoms with Crippen LogP contribution in [0, 0.1) is 0 Å². The quantitative estimate of drug-likeness (QED) is 0.563. The van der Waals surface area contributed by atoms with Gasteiger partial charge in [0.05, 0.1) is 12.6 Å². The molecule has 2 amide bonds. The lowest BCUT2D eigenvalue weighted by atomic mass is 10.1. The molecular weight excluding hydrogens is 342 g/mol. The van der Waals surface area contributed by atoms with Crippen molar-refractivity contribution in [3.05, 3.63) is 65.7 Å². The molecule has 0 aliphatic heterocycles. The molecule has 2 aromatic rings. The van der Waals surface area contributed by atoms with E-state index < -0.39 is 0 Å². The van der Waals surface area contributed by atoms with Gasteiger partial charge in [-0.15, -0.1) is 0 Å². The molecule has 1 atom stereocenters. The molecule has 27 heavy (non-hydrogen) atoms. The van der Waals surface area contributed by atoms with Crippen LogP contribution in [0.2, 0.25) is 0 Å². The number of carbonyl (C=O) groups is 2. The van der Waals surface area contributed by atoms with Crippen molar-refractivity contribution in [2.45, 2.75) is 19.4 Å². The van der Waals surface area contributed by atoms with Gasteiger partial charge in [0, 0.05) is 25.0 Å². The molecule has 0 aliphatic rings. The number of rotatable bonds is 10. The zero-order valence-corrected chi connectivity index (χ0v) is 15.8. The molecule has 0 saturated heterocycles. The van der Waals surface area contributed by atoms with Crippen LogP contribution in [0.4, 0.5) is 5.69 Å². The second-order valence-electron chi connectivity index (χ2n) is 6.26. The fourth-order valence-electron chi connectivity index (χ4n) is 2.59. The maximum Gasteiger partial charge on any atom is 0.251 e. The minimum atomic E-state index is -0.180. The summed E-state index contributed by atoms with van der Waals surface area (Å²) in [6, 6.07) is 16.6. The van der Waals surface area contributed by atoms with Crippen LogP contribution in [-0.4, -0.2) is 38.6 Å². The van der Waals surface area contributed by atoms with E-state index in [2.05, 4.69) is 16.0 Å². The van der Waals surface area contributed by atoms with Gasteiger partial charge in [0.1, 0.15) is 0 Å².